The molecule has 0 aliphatic heterocycles. The van der Waals surface area contributed by atoms with Crippen LogP contribution in [0.15, 0.2) is 0 Å². The van der Waals surface area contributed by atoms with Crippen LogP contribution in [0.5, 0.6) is 0 Å². The fraction of sp³-hybridized carbons (Fsp3) is 0.846. The first kappa shape index (κ1) is 17.8. The van der Waals surface area contributed by atoms with Crippen molar-refractivity contribution >= 4 is 11.9 Å². The maximum Gasteiger partial charge on any atom is 0.338 e. The van der Waals surface area contributed by atoms with Gasteiger partial charge in [0.25, 0.3) is 0 Å². The SMILES string of the molecule is O=C(O)C(F)CCCCCCCCCC(F)C(=O)O. The van der Waals surface area contributed by atoms with Crippen LogP contribution in [0.2, 0.25) is 0 Å². The van der Waals surface area contributed by atoms with E-state index in [1.54, 1.807) is 0 Å². The van der Waals surface area contributed by atoms with Gasteiger partial charge in [0.2, 0.25) is 0 Å². The fourth-order valence-electron chi connectivity index (χ4n) is 1.78. The summed E-state index contributed by atoms with van der Waals surface area (Å²) in [7, 11) is 0. The Morgan fingerprint density at radius 3 is 1.21 bits per heavy atom. The molecule has 19 heavy (non-hydrogen) atoms. The van der Waals surface area contributed by atoms with E-state index >= 15 is 0 Å². The smallest absolute Gasteiger partial charge is 0.338 e. The molecule has 0 aliphatic carbocycles. The monoisotopic (exact) mass is 280 g/mol. The summed E-state index contributed by atoms with van der Waals surface area (Å²) in [4.78, 5) is 20.4. The van der Waals surface area contributed by atoms with Crippen LogP contribution in [0.25, 0.3) is 0 Å². The highest BCUT2D eigenvalue weighted by molar-refractivity contribution is 5.72. The van der Waals surface area contributed by atoms with E-state index in [9.17, 15) is 18.4 Å². The molecule has 0 radical (unpaired) electrons. The van der Waals surface area contributed by atoms with Crippen LogP contribution < -0.4 is 0 Å². The van der Waals surface area contributed by atoms with Crippen LogP contribution in [-0.2, 0) is 9.59 Å². The van der Waals surface area contributed by atoms with E-state index in [1.807, 2.05) is 0 Å². The Hall–Kier alpha value is -1.20. The molecule has 0 spiro atoms. The zero-order chi connectivity index (χ0) is 14.7. The van der Waals surface area contributed by atoms with Crippen LogP contribution in [0.1, 0.15) is 57.8 Å². The van der Waals surface area contributed by atoms with Crippen LogP contribution in [0, 0.1) is 0 Å². The predicted molar refractivity (Wildman–Crippen MR) is 66.6 cm³/mol. The second-order valence-electron chi connectivity index (χ2n) is 4.66. The quantitative estimate of drug-likeness (QED) is 0.538. The van der Waals surface area contributed by atoms with Crippen molar-refractivity contribution in [1.82, 2.24) is 0 Å². The Balaban J connectivity index is 3.24. The van der Waals surface area contributed by atoms with E-state index in [1.165, 1.54) is 0 Å². The van der Waals surface area contributed by atoms with Gasteiger partial charge in [0.15, 0.2) is 12.3 Å². The average molecular weight is 280 g/mol. The molecule has 0 bridgehead atoms. The van der Waals surface area contributed by atoms with Gasteiger partial charge in [-0.2, -0.15) is 0 Å². The minimum atomic E-state index is -1.77. The third-order valence-electron chi connectivity index (χ3n) is 2.95. The third-order valence-corrected chi connectivity index (χ3v) is 2.95. The lowest BCUT2D eigenvalue weighted by atomic mass is 10.0. The predicted octanol–water partition coefficient (Wildman–Crippen LogP) is 3.34. The second-order valence-corrected chi connectivity index (χ2v) is 4.66. The Labute approximate surface area is 111 Å². The van der Waals surface area contributed by atoms with Crippen molar-refractivity contribution in [2.45, 2.75) is 70.1 Å². The number of carboxylic acids is 2. The number of unbranched alkanes of at least 4 members (excludes halogenated alkanes) is 6. The summed E-state index contributed by atoms with van der Waals surface area (Å²) >= 11 is 0. The largest absolute Gasteiger partial charge is 0.479 e. The molecule has 0 saturated carbocycles. The van der Waals surface area contributed by atoms with Crippen LogP contribution in [0.3, 0.4) is 0 Å². The summed E-state index contributed by atoms with van der Waals surface area (Å²) in [6.07, 6.45) is 1.97. The highest BCUT2D eigenvalue weighted by Gasteiger charge is 2.15. The molecule has 0 aromatic rings. The van der Waals surface area contributed by atoms with E-state index in [2.05, 4.69) is 0 Å². The van der Waals surface area contributed by atoms with Crippen molar-refractivity contribution in [3.05, 3.63) is 0 Å². The van der Waals surface area contributed by atoms with Crippen LogP contribution in [-0.4, -0.2) is 34.5 Å². The zero-order valence-corrected chi connectivity index (χ0v) is 11.0. The normalized spacial score (nSPS) is 14.0. The minimum Gasteiger partial charge on any atom is -0.479 e. The molecule has 0 amide bonds. The standard InChI is InChI=1S/C13H22F2O4/c14-10(12(16)17)8-6-4-2-1-3-5-7-9-11(15)13(18)19/h10-11H,1-9H2,(H,16,17)(H,18,19). The maximum atomic E-state index is 12.7. The van der Waals surface area contributed by atoms with Gasteiger partial charge in [-0.1, -0.05) is 32.1 Å². The van der Waals surface area contributed by atoms with Gasteiger partial charge in [-0.3, -0.25) is 0 Å². The number of alkyl halides is 2. The molecule has 0 aromatic carbocycles. The lowest BCUT2D eigenvalue weighted by Gasteiger charge is -2.04. The van der Waals surface area contributed by atoms with Crippen molar-refractivity contribution in [2.75, 3.05) is 0 Å². The van der Waals surface area contributed by atoms with Crippen LogP contribution in [0.4, 0.5) is 8.78 Å². The topological polar surface area (TPSA) is 74.6 Å². The maximum absolute atomic E-state index is 12.7. The van der Waals surface area contributed by atoms with Gasteiger partial charge >= 0.3 is 11.9 Å². The molecular formula is C13H22F2O4. The summed E-state index contributed by atoms with van der Waals surface area (Å²) in [5.74, 6) is -2.81. The Kier molecular flexibility index (Phi) is 10.0. The number of carbonyl (C=O) groups is 2. The molecule has 2 unspecified atom stereocenters. The molecule has 6 heteroatoms. The molecule has 0 saturated heterocycles. The van der Waals surface area contributed by atoms with E-state index in [-0.39, 0.29) is 12.8 Å². The summed E-state index contributed by atoms with van der Waals surface area (Å²) in [6, 6.07) is 0. The van der Waals surface area contributed by atoms with E-state index in [0.717, 1.165) is 32.1 Å². The molecule has 0 aliphatic rings. The van der Waals surface area contributed by atoms with Gasteiger partial charge in [0.05, 0.1) is 0 Å². The summed E-state index contributed by atoms with van der Waals surface area (Å²) in [5.41, 5.74) is 0. The van der Waals surface area contributed by atoms with Crippen molar-refractivity contribution in [3.8, 4) is 0 Å². The summed E-state index contributed by atoms with van der Waals surface area (Å²) in [6.45, 7) is 0. The lowest BCUT2D eigenvalue weighted by Crippen LogP contribution is -2.13. The highest BCUT2D eigenvalue weighted by Crippen LogP contribution is 2.13. The van der Waals surface area contributed by atoms with E-state index < -0.39 is 24.3 Å². The lowest BCUT2D eigenvalue weighted by molar-refractivity contribution is -0.143. The molecule has 2 atom stereocenters. The molecule has 0 fully saturated rings. The number of halogens is 2. The number of carboxylic acid groups (broad SMARTS) is 2. The molecule has 2 N–H and O–H groups in total. The van der Waals surface area contributed by atoms with Crippen molar-refractivity contribution < 1.29 is 28.6 Å². The van der Waals surface area contributed by atoms with Crippen LogP contribution >= 0.6 is 0 Å². The Morgan fingerprint density at radius 1 is 0.684 bits per heavy atom. The number of rotatable bonds is 12. The Bertz CT molecular complexity index is 245. The number of hydrogen-bond acceptors (Lipinski definition) is 2. The first-order chi connectivity index (χ1) is 8.95. The van der Waals surface area contributed by atoms with E-state index in [4.69, 9.17) is 10.2 Å². The van der Waals surface area contributed by atoms with Gasteiger partial charge in [0.1, 0.15) is 0 Å². The van der Waals surface area contributed by atoms with Gasteiger partial charge in [0, 0.05) is 0 Å². The first-order valence-corrected chi connectivity index (χ1v) is 6.69. The molecule has 0 rings (SSSR count). The van der Waals surface area contributed by atoms with Crippen molar-refractivity contribution in [3.63, 3.8) is 0 Å². The van der Waals surface area contributed by atoms with Gasteiger partial charge in [-0.05, 0) is 25.7 Å². The molecular weight excluding hydrogens is 258 g/mol. The van der Waals surface area contributed by atoms with E-state index in [0.29, 0.717) is 12.8 Å². The summed E-state index contributed by atoms with van der Waals surface area (Å²) < 4.78 is 25.3. The van der Waals surface area contributed by atoms with Crippen molar-refractivity contribution in [2.24, 2.45) is 0 Å². The number of aliphatic carboxylic acids is 2. The minimum absolute atomic E-state index is 0.0531. The molecule has 112 valence electrons. The molecule has 0 heterocycles. The van der Waals surface area contributed by atoms with Gasteiger partial charge in [-0.25, -0.2) is 18.4 Å². The first-order valence-electron chi connectivity index (χ1n) is 6.69. The van der Waals surface area contributed by atoms with Gasteiger partial charge < -0.3 is 10.2 Å². The second kappa shape index (κ2) is 10.7. The Morgan fingerprint density at radius 2 is 0.947 bits per heavy atom. The summed E-state index contributed by atoms with van der Waals surface area (Å²) in [5, 5.41) is 16.6. The van der Waals surface area contributed by atoms with Gasteiger partial charge in [-0.15, -0.1) is 0 Å². The highest BCUT2D eigenvalue weighted by atomic mass is 19.1. The molecule has 0 aromatic heterocycles. The zero-order valence-electron chi connectivity index (χ0n) is 11.0. The third kappa shape index (κ3) is 10.4. The average Bonchev–Trinajstić information content (AvgIpc) is 2.35. The fourth-order valence-corrected chi connectivity index (χ4v) is 1.78. The van der Waals surface area contributed by atoms with Crippen molar-refractivity contribution in [1.29, 1.82) is 0 Å². The number of hydrogen-bond donors (Lipinski definition) is 2. The molecule has 4 nitrogen and oxygen atoms in total.